The van der Waals surface area contributed by atoms with Gasteiger partial charge in [-0.2, -0.15) is 0 Å². The van der Waals surface area contributed by atoms with Gasteiger partial charge >= 0.3 is 12.0 Å². The number of nitrogens with one attached hydrogen (secondary N) is 2. The fraction of sp³-hybridized carbons (Fsp3) is 0.500. The van der Waals surface area contributed by atoms with E-state index >= 15 is 0 Å². The molecular formula is C20H27N3O4. The van der Waals surface area contributed by atoms with Gasteiger partial charge in [-0.15, -0.1) is 0 Å². The van der Waals surface area contributed by atoms with E-state index in [1.807, 2.05) is 24.3 Å². The van der Waals surface area contributed by atoms with Gasteiger partial charge in [-0.1, -0.05) is 19.1 Å². The van der Waals surface area contributed by atoms with Gasteiger partial charge in [-0.25, -0.2) is 9.59 Å². The Morgan fingerprint density at radius 2 is 2.00 bits per heavy atom. The normalized spacial score (nSPS) is 23.4. The minimum absolute atomic E-state index is 0.316. The van der Waals surface area contributed by atoms with Crippen molar-refractivity contribution < 1.29 is 19.1 Å². The van der Waals surface area contributed by atoms with Crippen LogP contribution in [0.4, 0.5) is 4.79 Å². The topological polar surface area (TPSA) is 79.9 Å². The van der Waals surface area contributed by atoms with Crippen LogP contribution in [0.3, 0.4) is 0 Å². The molecule has 27 heavy (non-hydrogen) atoms. The van der Waals surface area contributed by atoms with Gasteiger partial charge < -0.3 is 20.1 Å². The van der Waals surface area contributed by atoms with Crippen LogP contribution in [-0.2, 0) is 9.53 Å². The predicted molar refractivity (Wildman–Crippen MR) is 101 cm³/mol. The smallest absolute Gasteiger partial charge is 0.338 e. The first-order valence-electron chi connectivity index (χ1n) is 9.27. The maximum Gasteiger partial charge on any atom is 0.338 e. The molecule has 2 atom stereocenters. The summed E-state index contributed by atoms with van der Waals surface area (Å²) < 4.78 is 10.2. The molecule has 1 fully saturated rings. The Hall–Kier alpha value is -2.54. The average molecular weight is 373 g/mol. The molecule has 0 aromatic heterocycles. The molecule has 1 aromatic carbocycles. The number of benzene rings is 1. The van der Waals surface area contributed by atoms with E-state index in [-0.39, 0.29) is 6.03 Å². The first-order chi connectivity index (χ1) is 13.0. The zero-order chi connectivity index (χ0) is 19.4. The SMILES string of the molecule is COC(=O)C1=C(CN2CCCC(C)C2)NC(=O)NC1c1ccc(OC)cc1. The number of amides is 2. The van der Waals surface area contributed by atoms with Gasteiger partial charge in [0.05, 0.1) is 25.8 Å². The Labute approximate surface area is 159 Å². The molecule has 7 nitrogen and oxygen atoms in total. The quantitative estimate of drug-likeness (QED) is 0.774. The lowest BCUT2D eigenvalue weighted by atomic mass is 9.94. The number of esters is 1. The van der Waals surface area contributed by atoms with Crippen molar-refractivity contribution in [2.24, 2.45) is 5.92 Å². The minimum Gasteiger partial charge on any atom is -0.497 e. The number of piperidine rings is 1. The number of carbonyl (C=O) groups is 2. The summed E-state index contributed by atoms with van der Waals surface area (Å²) in [7, 11) is 2.95. The lowest BCUT2D eigenvalue weighted by Gasteiger charge is -2.35. The van der Waals surface area contributed by atoms with Gasteiger partial charge in [0.25, 0.3) is 0 Å². The number of carbonyl (C=O) groups excluding carboxylic acids is 2. The van der Waals surface area contributed by atoms with Crippen LogP contribution in [0.2, 0.25) is 0 Å². The van der Waals surface area contributed by atoms with Gasteiger partial charge in [-0.3, -0.25) is 4.90 Å². The summed E-state index contributed by atoms with van der Waals surface area (Å²) >= 11 is 0. The van der Waals surface area contributed by atoms with Gasteiger partial charge in [0.1, 0.15) is 5.75 Å². The molecule has 2 aliphatic heterocycles. The lowest BCUT2D eigenvalue weighted by molar-refractivity contribution is -0.136. The van der Waals surface area contributed by atoms with E-state index in [0.717, 1.165) is 25.1 Å². The van der Waals surface area contributed by atoms with Crippen molar-refractivity contribution in [3.05, 3.63) is 41.1 Å². The molecule has 146 valence electrons. The molecule has 2 aliphatic rings. The fourth-order valence-electron chi connectivity index (χ4n) is 3.79. The van der Waals surface area contributed by atoms with E-state index in [0.29, 0.717) is 29.5 Å². The van der Waals surface area contributed by atoms with Crippen LogP contribution in [0.15, 0.2) is 35.5 Å². The summed E-state index contributed by atoms with van der Waals surface area (Å²) in [6, 6.07) is 6.43. The first kappa shape index (κ1) is 19.2. The van der Waals surface area contributed by atoms with E-state index in [1.54, 1.807) is 7.11 Å². The van der Waals surface area contributed by atoms with E-state index in [2.05, 4.69) is 22.5 Å². The second kappa shape index (κ2) is 8.43. The van der Waals surface area contributed by atoms with Gasteiger partial charge in [0.15, 0.2) is 0 Å². The number of hydrogen-bond acceptors (Lipinski definition) is 5. The summed E-state index contributed by atoms with van der Waals surface area (Å²) in [5, 5.41) is 5.67. The lowest BCUT2D eigenvalue weighted by Crippen LogP contribution is -2.49. The largest absolute Gasteiger partial charge is 0.497 e. The number of hydrogen-bond donors (Lipinski definition) is 2. The molecule has 7 heteroatoms. The zero-order valence-electron chi connectivity index (χ0n) is 16.1. The third-order valence-electron chi connectivity index (χ3n) is 5.13. The molecule has 2 amide bonds. The molecule has 0 bridgehead atoms. The molecule has 0 spiro atoms. The van der Waals surface area contributed by atoms with Crippen LogP contribution in [0, 0.1) is 5.92 Å². The molecule has 2 N–H and O–H groups in total. The molecule has 0 aliphatic carbocycles. The number of likely N-dealkylation sites (tertiary alicyclic amines) is 1. The van der Waals surface area contributed by atoms with Crippen molar-refractivity contribution in [2.75, 3.05) is 33.9 Å². The van der Waals surface area contributed by atoms with E-state index < -0.39 is 12.0 Å². The highest BCUT2D eigenvalue weighted by atomic mass is 16.5. The van der Waals surface area contributed by atoms with Gasteiger partial charge in [-0.05, 0) is 43.0 Å². The third kappa shape index (κ3) is 4.42. The summed E-state index contributed by atoms with van der Waals surface area (Å²) in [4.78, 5) is 27.2. The van der Waals surface area contributed by atoms with Crippen LogP contribution in [-0.4, -0.2) is 50.8 Å². The van der Waals surface area contributed by atoms with Crippen LogP contribution >= 0.6 is 0 Å². The van der Waals surface area contributed by atoms with E-state index in [1.165, 1.54) is 13.5 Å². The van der Waals surface area contributed by atoms with Crippen molar-refractivity contribution >= 4 is 12.0 Å². The first-order valence-corrected chi connectivity index (χ1v) is 9.27. The van der Waals surface area contributed by atoms with Crippen LogP contribution in [0.25, 0.3) is 0 Å². The number of ether oxygens (including phenoxy) is 2. The number of nitrogens with zero attached hydrogens (tertiary/aromatic N) is 1. The molecule has 1 saturated heterocycles. The van der Waals surface area contributed by atoms with Gasteiger partial charge in [0, 0.05) is 18.8 Å². The maximum atomic E-state index is 12.6. The van der Waals surface area contributed by atoms with Crippen LogP contribution in [0.1, 0.15) is 31.4 Å². The number of methoxy groups -OCH3 is 2. The monoisotopic (exact) mass is 373 g/mol. The molecule has 1 aromatic rings. The maximum absolute atomic E-state index is 12.6. The highest BCUT2D eigenvalue weighted by molar-refractivity contribution is 5.95. The summed E-state index contributed by atoms with van der Waals surface area (Å²) in [6.45, 7) is 4.66. The summed E-state index contributed by atoms with van der Waals surface area (Å²) in [5.74, 6) is 0.879. The van der Waals surface area contributed by atoms with Crippen molar-refractivity contribution in [3.8, 4) is 5.75 Å². The third-order valence-corrected chi connectivity index (χ3v) is 5.13. The number of urea groups is 1. The highest BCUT2D eigenvalue weighted by Gasteiger charge is 2.34. The van der Waals surface area contributed by atoms with Crippen molar-refractivity contribution in [1.29, 1.82) is 0 Å². The number of rotatable bonds is 5. The van der Waals surface area contributed by atoms with Crippen molar-refractivity contribution in [1.82, 2.24) is 15.5 Å². The Bertz CT molecular complexity index is 729. The second-order valence-corrected chi connectivity index (χ2v) is 7.17. The molecule has 3 rings (SSSR count). The Morgan fingerprint density at radius 1 is 1.26 bits per heavy atom. The Balaban J connectivity index is 1.94. The predicted octanol–water partition coefficient (Wildman–Crippen LogP) is 2.21. The van der Waals surface area contributed by atoms with Crippen LogP contribution in [0.5, 0.6) is 5.75 Å². The molecule has 2 unspecified atom stereocenters. The van der Waals surface area contributed by atoms with Crippen LogP contribution < -0.4 is 15.4 Å². The Kier molecular flexibility index (Phi) is 6.01. The van der Waals surface area contributed by atoms with Crippen molar-refractivity contribution in [2.45, 2.75) is 25.8 Å². The molecule has 0 radical (unpaired) electrons. The molecular weight excluding hydrogens is 346 g/mol. The Morgan fingerprint density at radius 3 is 2.63 bits per heavy atom. The summed E-state index contributed by atoms with van der Waals surface area (Å²) in [6.07, 6.45) is 2.33. The fourth-order valence-corrected chi connectivity index (χ4v) is 3.79. The average Bonchev–Trinajstić information content (AvgIpc) is 2.67. The minimum atomic E-state index is -0.561. The summed E-state index contributed by atoms with van der Waals surface area (Å²) in [5.41, 5.74) is 1.86. The molecule has 0 saturated carbocycles. The van der Waals surface area contributed by atoms with E-state index in [4.69, 9.17) is 9.47 Å². The van der Waals surface area contributed by atoms with Gasteiger partial charge in [0.2, 0.25) is 0 Å². The van der Waals surface area contributed by atoms with E-state index in [9.17, 15) is 9.59 Å². The zero-order valence-corrected chi connectivity index (χ0v) is 16.1. The highest BCUT2D eigenvalue weighted by Crippen LogP contribution is 2.29. The van der Waals surface area contributed by atoms with Crippen molar-refractivity contribution in [3.63, 3.8) is 0 Å². The standard InChI is InChI=1S/C20H27N3O4/c1-13-5-4-10-23(11-13)12-16-17(19(24)27-3)18(22-20(25)21-16)14-6-8-15(26-2)9-7-14/h6-9,13,18H,4-5,10-12H2,1-3H3,(H2,21,22,25). The molecule has 2 heterocycles. The second-order valence-electron chi connectivity index (χ2n) is 7.17.